The molecule has 0 saturated carbocycles. The zero-order chi connectivity index (χ0) is 18.1. The topological polar surface area (TPSA) is 72.7 Å². The van der Waals surface area contributed by atoms with E-state index in [1.54, 1.807) is 17.8 Å². The highest BCUT2D eigenvalue weighted by atomic mass is 16.2. The van der Waals surface area contributed by atoms with Gasteiger partial charge in [0.1, 0.15) is 5.69 Å². The fourth-order valence-electron chi connectivity index (χ4n) is 3.48. The zero-order valence-corrected chi connectivity index (χ0v) is 14.9. The van der Waals surface area contributed by atoms with Gasteiger partial charge in [0.2, 0.25) is 0 Å². The summed E-state index contributed by atoms with van der Waals surface area (Å²) in [5.41, 5.74) is 4.44. The summed E-state index contributed by atoms with van der Waals surface area (Å²) >= 11 is 0. The fourth-order valence-corrected chi connectivity index (χ4v) is 3.48. The van der Waals surface area contributed by atoms with Crippen molar-refractivity contribution in [2.45, 2.75) is 32.2 Å². The number of nitrogens with zero attached hydrogens (tertiary/aromatic N) is 4. The number of carbonyl (C=O) groups excluding carboxylic acids is 1. The molecule has 0 radical (unpaired) electrons. The van der Waals surface area contributed by atoms with E-state index in [-0.39, 0.29) is 11.9 Å². The molecular weight excluding hydrogens is 326 g/mol. The molecule has 2 aromatic heterocycles. The molecule has 0 aliphatic heterocycles. The van der Waals surface area contributed by atoms with E-state index in [1.807, 2.05) is 43.5 Å². The Morgan fingerprint density at radius 1 is 1.27 bits per heavy atom. The largest absolute Gasteiger partial charge is 0.344 e. The van der Waals surface area contributed by atoms with E-state index in [0.717, 1.165) is 47.6 Å². The van der Waals surface area contributed by atoms with Crippen molar-refractivity contribution >= 4 is 5.91 Å². The van der Waals surface area contributed by atoms with Gasteiger partial charge in [-0.1, -0.05) is 30.3 Å². The van der Waals surface area contributed by atoms with Gasteiger partial charge in [-0.25, -0.2) is 9.97 Å². The van der Waals surface area contributed by atoms with Crippen molar-refractivity contribution in [3.63, 3.8) is 0 Å². The lowest BCUT2D eigenvalue weighted by molar-refractivity contribution is 0.0923. The van der Waals surface area contributed by atoms with Crippen molar-refractivity contribution in [1.29, 1.82) is 0 Å². The lowest BCUT2D eigenvalue weighted by atomic mass is 9.92. The van der Waals surface area contributed by atoms with Crippen LogP contribution in [0.25, 0.3) is 11.4 Å². The maximum Gasteiger partial charge on any atom is 0.270 e. The monoisotopic (exact) mass is 347 g/mol. The van der Waals surface area contributed by atoms with Crippen LogP contribution in [0.15, 0.2) is 42.6 Å². The molecule has 6 nitrogen and oxygen atoms in total. The van der Waals surface area contributed by atoms with E-state index < -0.39 is 0 Å². The Kier molecular flexibility index (Phi) is 4.24. The maximum atomic E-state index is 12.6. The van der Waals surface area contributed by atoms with Crippen molar-refractivity contribution in [1.82, 2.24) is 25.1 Å². The summed E-state index contributed by atoms with van der Waals surface area (Å²) < 4.78 is 1.61. The maximum absolute atomic E-state index is 12.6. The van der Waals surface area contributed by atoms with Gasteiger partial charge in [-0.15, -0.1) is 0 Å². The number of hydrogen-bond donors (Lipinski definition) is 1. The normalized spacial score (nSPS) is 16.2. The Hall–Kier alpha value is -3.02. The number of aryl methyl sites for hydroxylation is 3. The average Bonchev–Trinajstić information content (AvgIpc) is 3.00. The molecular formula is C20H21N5O. The second kappa shape index (κ2) is 6.71. The van der Waals surface area contributed by atoms with Gasteiger partial charge >= 0.3 is 0 Å². The van der Waals surface area contributed by atoms with Crippen molar-refractivity contribution in [3.8, 4) is 11.4 Å². The number of benzene rings is 1. The Balaban J connectivity index is 1.59. The molecule has 2 heterocycles. The third-order valence-electron chi connectivity index (χ3n) is 4.75. The van der Waals surface area contributed by atoms with Crippen LogP contribution in [0, 0.1) is 6.92 Å². The molecule has 3 aromatic rings. The number of aromatic nitrogens is 4. The Morgan fingerprint density at radius 2 is 2.08 bits per heavy atom. The van der Waals surface area contributed by atoms with Crippen LogP contribution in [0.2, 0.25) is 0 Å². The lowest BCUT2D eigenvalue weighted by Crippen LogP contribution is -2.32. The van der Waals surface area contributed by atoms with Crippen molar-refractivity contribution in [2.24, 2.45) is 7.05 Å². The molecule has 1 N–H and O–H groups in total. The first-order valence-corrected chi connectivity index (χ1v) is 8.84. The Labute approximate surface area is 152 Å². The highest BCUT2D eigenvalue weighted by Gasteiger charge is 2.25. The molecule has 1 atom stereocenters. The highest BCUT2D eigenvalue weighted by Crippen LogP contribution is 2.29. The van der Waals surface area contributed by atoms with Crippen LogP contribution in [-0.2, 0) is 13.5 Å². The van der Waals surface area contributed by atoms with Gasteiger partial charge in [-0.3, -0.25) is 9.48 Å². The molecule has 0 spiro atoms. The molecule has 132 valence electrons. The van der Waals surface area contributed by atoms with Gasteiger partial charge in [-0.2, -0.15) is 5.10 Å². The summed E-state index contributed by atoms with van der Waals surface area (Å²) in [6, 6.07) is 11.7. The van der Waals surface area contributed by atoms with Gasteiger partial charge in [0.15, 0.2) is 5.82 Å². The van der Waals surface area contributed by atoms with Crippen LogP contribution in [0.4, 0.5) is 0 Å². The van der Waals surface area contributed by atoms with Crippen LogP contribution in [0.3, 0.4) is 0 Å². The van der Waals surface area contributed by atoms with E-state index in [0.29, 0.717) is 5.69 Å². The van der Waals surface area contributed by atoms with Crippen LogP contribution >= 0.6 is 0 Å². The van der Waals surface area contributed by atoms with Crippen LogP contribution in [-0.4, -0.2) is 25.7 Å². The van der Waals surface area contributed by atoms with E-state index in [4.69, 9.17) is 4.98 Å². The predicted molar refractivity (Wildman–Crippen MR) is 98.6 cm³/mol. The lowest BCUT2D eigenvalue weighted by Gasteiger charge is -2.25. The quantitative estimate of drug-likeness (QED) is 0.790. The third kappa shape index (κ3) is 3.10. The van der Waals surface area contributed by atoms with Crippen LogP contribution < -0.4 is 5.32 Å². The fraction of sp³-hybridized carbons (Fsp3) is 0.300. The van der Waals surface area contributed by atoms with Crippen molar-refractivity contribution in [2.75, 3.05) is 0 Å². The molecule has 1 aromatic carbocycles. The van der Waals surface area contributed by atoms with Gasteiger partial charge in [-0.05, 0) is 32.3 Å². The minimum Gasteiger partial charge on any atom is -0.344 e. The number of amides is 1. The summed E-state index contributed by atoms with van der Waals surface area (Å²) in [5, 5.41) is 7.37. The first-order valence-electron chi connectivity index (χ1n) is 8.84. The molecule has 0 fully saturated rings. The summed E-state index contributed by atoms with van der Waals surface area (Å²) in [6.45, 7) is 1.88. The number of fused-ring (bicyclic) bond motifs is 1. The molecule has 4 rings (SSSR count). The van der Waals surface area contributed by atoms with Gasteiger partial charge in [0.25, 0.3) is 5.91 Å². The smallest absolute Gasteiger partial charge is 0.270 e. The summed E-state index contributed by atoms with van der Waals surface area (Å²) in [5.74, 6) is 0.622. The van der Waals surface area contributed by atoms with E-state index in [2.05, 4.69) is 15.4 Å². The van der Waals surface area contributed by atoms with E-state index in [1.165, 1.54) is 0 Å². The van der Waals surface area contributed by atoms with Gasteiger partial charge < -0.3 is 5.32 Å². The number of nitrogens with one attached hydrogen (secondary N) is 1. The van der Waals surface area contributed by atoms with Crippen LogP contribution in [0.1, 0.15) is 46.3 Å². The standard InChI is InChI=1S/C20H21N5O/c1-13-11-18(25(2)24-13)20(26)23-17-10-6-9-16-15(17)12-21-19(22-16)14-7-4-3-5-8-14/h3-5,7-8,11-12,17H,6,9-10H2,1-2H3,(H,23,26)/t17-/m0/s1. The zero-order valence-electron chi connectivity index (χ0n) is 14.9. The SMILES string of the molecule is Cc1cc(C(=O)N[C@H]2CCCc3nc(-c4ccccc4)ncc32)n(C)n1. The molecule has 6 heteroatoms. The minimum atomic E-state index is -0.113. The molecule has 0 unspecified atom stereocenters. The first-order chi connectivity index (χ1) is 12.6. The number of carbonyl (C=O) groups is 1. The number of rotatable bonds is 3. The molecule has 1 aliphatic carbocycles. The summed E-state index contributed by atoms with van der Waals surface area (Å²) in [6.07, 6.45) is 4.66. The third-order valence-corrected chi connectivity index (χ3v) is 4.75. The molecule has 1 amide bonds. The average molecular weight is 347 g/mol. The molecule has 26 heavy (non-hydrogen) atoms. The van der Waals surface area contributed by atoms with Crippen LogP contribution in [0.5, 0.6) is 0 Å². The van der Waals surface area contributed by atoms with E-state index >= 15 is 0 Å². The molecule has 0 bridgehead atoms. The second-order valence-electron chi connectivity index (χ2n) is 6.67. The summed E-state index contributed by atoms with van der Waals surface area (Å²) in [7, 11) is 1.78. The Morgan fingerprint density at radius 3 is 2.81 bits per heavy atom. The molecule has 0 saturated heterocycles. The molecule has 1 aliphatic rings. The van der Waals surface area contributed by atoms with Gasteiger partial charge in [0.05, 0.1) is 11.7 Å². The number of hydrogen-bond acceptors (Lipinski definition) is 4. The highest BCUT2D eigenvalue weighted by molar-refractivity contribution is 5.93. The van der Waals surface area contributed by atoms with Gasteiger partial charge in [0, 0.05) is 30.1 Å². The van der Waals surface area contributed by atoms with E-state index in [9.17, 15) is 4.79 Å². The van der Waals surface area contributed by atoms with Crippen molar-refractivity contribution < 1.29 is 4.79 Å². The summed E-state index contributed by atoms with van der Waals surface area (Å²) in [4.78, 5) is 21.9. The minimum absolute atomic E-state index is 0.0636. The van der Waals surface area contributed by atoms with Crippen molar-refractivity contribution in [3.05, 3.63) is 65.2 Å². The predicted octanol–water partition coefficient (Wildman–Crippen LogP) is 2.99. The Bertz CT molecular complexity index is 948. The first kappa shape index (κ1) is 16.4. The second-order valence-corrected chi connectivity index (χ2v) is 6.67.